The number of ketones is 1. The van der Waals surface area contributed by atoms with E-state index in [9.17, 15) is 14.7 Å². The minimum absolute atomic E-state index is 0.0873. The third-order valence-corrected chi connectivity index (χ3v) is 7.56. The van der Waals surface area contributed by atoms with E-state index in [4.69, 9.17) is 4.74 Å². The second kappa shape index (κ2) is 9.40. The summed E-state index contributed by atoms with van der Waals surface area (Å²) in [7, 11) is 3.83. The van der Waals surface area contributed by atoms with E-state index in [1.54, 1.807) is 4.90 Å². The molecular weight excluding hydrogens is 476 g/mol. The molecule has 0 radical (unpaired) electrons. The molecule has 1 atom stereocenters. The van der Waals surface area contributed by atoms with Gasteiger partial charge in [-0.25, -0.2) is 4.98 Å². The Kier molecular flexibility index (Phi) is 6.27. The normalized spacial score (nSPS) is 16.2. The molecule has 0 fully saturated rings. The van der Waals surface area contributed by atoms with E-state index < -0.39 is 17.7 Å². The van der Waals surface area contributed by atoms with E-state index in [-0.39, 0.29) is 11.4 Å². The number of nitrogens with zero attached hydrogens (tertiary/aromatic N) is 4. The predicted molar refractivity (Wildman–Crippen MR) is 140 cm³/mol. The highest BCUT2D eigenvalue weighted by atomic mass is 32.1. The molecule has 0 bridgehead atoms. The predicted octanol–water partition coefficient (Wildman–Crippen LogP) is 4.40. The van der Waals surface area contributed by atoms with Crippen molar-refractivity contribution in [2.24, 2.45) is 0 Å². The van der Waals surface area contributed by atoms with Crippen molar-refractivity contribution in [3.63, 3.8) is 0 Å². The van der Waals surface area contributed by atoms with Crippen LogP contribution in [0.15, 0.2) is 59.9 Å². The van der Waals surface area contributed by atoms with E-state index in [1.165, 1.54) is 11.3 Å². The number of hydrogen-bond acceptors (Lipinski definition) is 7. The number of thiazole rings is 1. The molecular formula is C27H28N4O4S. The molecule has 5 rings (SSSR count). The van der Waals surface area contributed by atoms with Crippen molar-refractivity contribution in [3.8, 4) is 5.75 Å². The number of aliphatic hydroxyl groups is 1. The standard InChI is InChI=1S/C27H28N4O4S/c1-5-35-18-10-8-9-17(15-18)22-21(24(33)26(34)30(22)14-13-29(3)4)23(32)25-16(2)31-20-12-7-6-11-19(20)28-27(31)36-25/h6-12,15,22,33H,5,13-14H2,1-4H3. The van der Waals surface area contributed by atoms with Crippen LogP contribution >= 0.6 is 11.3 Å². The van der Waals surface area contributed by atoms with Crippen molar-refractivity contribution in [1.82, 2.24) is 19.2 Å². The summed E-state index contributed by atoms with van der Waals surface area (Å²) in [4.78, 5) is 36.6. The third kappa shape index (κ3) is 3.94. The molecule has 0 aliphatic carbocycles. The van der Waals surface area contributed by atoms with Crippen molar-refractivity contribution in [1.29, 1.82) is 0 Å². The van der Waals surface area contributed by atoms with Gasteiger partial charge in [0.25, 0.3) is 5.91 Å². The fourth-order valence-corrected chi connectivity index (χ4v) is 5.80. The number of amides is 1. The Hall–Kier alpha value is -3.69. The van der Waals surface area contributed by atoms with Gasteiger partial charge in [-0.3, -0.25) is 14.0 Å². The van der Waals surface area contributed by atoms with Gasteiger partial charge in [-0.05, 0) is 57.8 Å². The zero-order chi connectivity index (χ0) is 25.6. The topological polar surface area (TPSA) is 87.4 Å². The van der Waals surface area contributed by atoms with Crippen molar-refractivity contribution < 1.29 is 19.4 Å². The number of para-hydroxylation sites is 2. The number of ether oxygens (including phenoxy) is 1. The van der Waals surface area contributed by atoms with Gasteiger partial charge in [-0.1, -0.05) is 35.6 Å². The number of carbonyl (C=O) groups is 2. The maximum atomic E-state index is 14.0. The Morgan fingerprint density at radius 2 is 1.97 bits per heavy atom. The van der Waals surface area contributed by atoms with E-state index in [0.717, 1.165) is 16.7 Å². The number of aliphatic hydroxyl groups excluding tert-OH is 1. The molecule has 0 saturated carbocycles. The summed E-state index contributed by atoms with van der Waals surface area (Å²) in [5.41, 5.74) is 3.29. The van der Waals surface area contributed by atoms with Crippen LogP contribution in [0.25, 0.3) is 16.0 Å². The maximum Gasteiger partial charge on any atom is 0.290 e. The maximum absolute atomic E-state index is 14.0. The molecule has 1 amide bonds. The smallest absolute Gasteiger partial charge is 0.290 e. The fraction of sp³-hybridized carbons (Fsp3) is 0.296. The fourth-order valence-electron chi connectivity index (χ4n) is 4.71. The third-order valence-electron chi connectivity index (χ3n) is 6.41. The van der Waals surface area contributed by atoms with Gasteiger partial charge in [-0.2, -0.15) is 0 Å². The van der Waals surface area contributed by atoms with E-state index in [0.29, 0.717) is 40.8 Å². The van der Waals surface area contributed by atoms with Crippen molar-refractivity contribution in [2.75, 3.05) is 33.8 Å². The van der Waals surface area contributed by atoms with Crippen LogP contribution in [0.5, 0.6) is 5.75 Å². The lowest BCUT2D eigenvalue weighted by atomic mass is 9.95. The zero-order valence-corrected chi connectivity index (χ0v) is 21.5. The number of benzene rings is 2. The quantitative estimate of drug-likeness (QED) is 0.358. The SMILES string of the molecule is CCOc1cccc(C2C(C(=O)c3sc4nc5ccccc5n4c3C)=C(O)C(=O)N2CCN(C)C)c1. The van der Waals surface area contributed by atoms with Crippen molar-refractivity contribution >= 4 is 39.0 Å². The van der Waals surface area contributed by atoms with Crippen LogP contribution in [0, 0.1) is 6.92 Å². The number of rotatable bonds is 8. The Morgan fingerprint density at radius 1 is 1.19 bits per heavy atom. The molecule has 1 aliphatic rings. The van der Waals surface area contributed by atoms with E-state index in [1.807, 2.05) is 85.8 Å². The molecule has 8 nitrogen and oxygen atoms in total. The number of Topliss-reactive ketones (excluding diaryl/α,β-unsaturated/α-hetero) is 1. The Balaban J connectivity index is 1.62. The van der Waals surface area contributed by atoms with Crippen LogP contribution in [0.3, 0.4) is 0 Å². The lowest BCUT2D eigenvalue weighted by Gasteiger charge is -2.28. The summed E-state index contributed by atoms with van der Waals surface area (Å²) >= 11 is 1.27. The minimum atomic E-state index is -0.726. The average Bonchev–Trinajstić information content (AvgIpc) is 3.47. The number of aryl methyl sites for hydroxylation is 1. The lowest BCUT2D eigenvalue weighted by Crippen LogP contribution is -2.36. The number of hydrogen-bond donors (Lipinski definition) is 1. The van der Waals surface area contributed by atoms with Crippen LogP contribution in [-0.4, -0.2) is 69.8 Å². The monoisotopic (exact) mass is 504 g/mol. The van der Waals surface area contributed by atoms with Gasteiger partial charge in [0.15, 0.2) is 10.7 Å². The molecule has 0 saturated heterocycles. The van der Waals surface area contributed by atoms with Gasteiger partial charge in [0.2, 0.25) is 5.78 Å². The summed E-state index contributed by atoms with van der Waals surface area (Å²) in [5.74, 6) is -0.764. The van der Waals surface area contributed by atoms with Crippen LogP contribution in [-0.2, 0) is 4.79 Å². The van der Waals surface area contributed by atoms with Gasteiger partial charge in [-0.15, -0.1) is 0 Å². The molecule has 36 heavy (non-hydrogen) atoms. The first-order valence-electron chi connectivity index (χ1n) is 11.8. The highest BCUT2D eigenvalue weighted by Crippen LogP contribution is 2.41. The van der Waals surface area contributed by atoms with Crippen molar-refractivity contribution in [2.45, 2.75) is 19.9 Å². The Bertz CT molecular complexity index is 1520. The van der Waals surface area contributed by atoms with E-state index in [2.05, 4.69) is 4.98 Å². The van der Waals surface area contributed by atoms with Gasteiger partial charge in [0.05, 0.1) is 34.1 Å². The van der Waals surface area contributed by atoms with E-state index >= 15 is 0 Å². The molecule has 3 heterocycles. The zero-order valence-electron chi connectivity index (χ0n) is 20.7. The first kappa shape index (κ1) is 24.0. The second-order valence-electron chi connectivity index (χ2n) is 9.04. The van der Waals surface area contributed by atoms with Crippen LogP contribution in [0.4, 0.5) is 0 Å². The summed E-state index contributed by atoms with van der Waals surface area (Å²) in [6, 6.07) is 14.4. The van der Waals surface area contributed by atoms with Crippen molar-refractivity contribution in [3.05, 3.63) is 76.0 Å². The molecule has 1 unspecified atom stereocenters. The summed E-state index contributed by atoms with van der Waals surface area (Å²) in [6.07, 6.45) is 0. The number of imidazole rings is 1. The van der Waals surface area contributed by atoms with Gasteiger partial charge < -0.3 is 19.6 Å². The molecule has 9 heteroatoms. The van der Waals surface area contributed by atoms with Crippen LogP contribution in [0.1, 0.15) is 33.9 Å². The lowest BCUT2D eigenvalue weighted by molar-refractivity contribution is -0.129. The molecule has 186 valence electrons. The Labute approximate surface area is 213 Å². The highest BCUT2D eigenvalue weighted by molar-refractivity contribution is 7.19. The molecule has 0 spiro atoms. The number of fused-ring (bicyclic) bond motifs is 3. The second-order valence-corrected chi connectivity index (χ2v) is 10.0. The van der Waals surface area contributed by atoms with Gasteiger partial charge >= 0.3 is 0 Å². The number of carbonyl (C=O) groups excluding carboxylic acids is 2. The Morgan fingerprint density at radius 3 is 2.72 bits per heavy atom. The molecule has 4 aromatic rings. The molecule has 1 aliphatic heterocycles. The average molecular weight is 505 g/mol. The first-order valence-corrected chi connectivity index (χ1v) is 12.7. The minimum Gasteiger partial charge on any atom is -0.503 e. The van der Waals surface area contributed by atoms with Crippen LogP contribution < -0.4 is 4.74 Å². The summed E-state index contributed by atoms with van der Waals surface area (Å²) < 4.78 is 7.63. The largest absolute Gasteiger partial charge is 0.503 e. The van der Waals surface area contributed by atoms with Gasteiger partial charge in [0.1, 0.15) is 5.75 Å². The summed E-state index contributed by atoms with van der Waals surface area (Å²) in [6.45, 7) is 5.20. The molecule has 2 aromatic carbocycles. The van der Waals surface area contributed by atoms with Gasteiger partial charge in [0, 0.05) is 18.8 Å². The first-order chi connectivity index (χ1) is 17.3. The highest BCUT2D eigenvalue weighted by Gasteiger charge is 2.44. The number of aromatic nitrogens is 2. The van der Waals surface area contributed by atoms with Crippen LogP contribution in [0.2, 0.25) is 0 Å². The number of likely N-dealkylation sites (N-methyl/N-ethyl adjacent to an activating group) is 1. The molecule has 1 N–H and O–H groups in total. The molecule has 2 aromatic heterocycles. The summed E-state index contributed by atoms with van der Waals surface area (Å²) in [5, 5.41) is 11.0.